The van der Waals surface area contributed by atoms with E-state index in [0.717, 1.165) is 18.9 Å². The van der Waals surface area contributed by atoms with E-state index in [0.29, 0.717) is 19.0 Å². The zero-order chi connectivity index (χ0) is 16.0. The third kappa shape index (κ3) is 4.73. The summed E-state index contributed by atoms with van der Waals surface area (Å²) in [5.41, 5.74) is 1.09. The van der Waals surface area contributed by atoms with Gasteiger partial charge in [0.05, 0.1) is 0 Å². The predicted octanol–water partition coefficient (Wildman–Crippen LogP) is 3.04. The number of nitrogen functional groups attached to an aromatic ring is 1. The Bertz CT molecular complexity index is 446. The summed E-state index contributed by atoms with van der Waals surface area (Å²) < 4.78 is 38.6. The third-order valence-corrected chi connectivity index (χ3v) is 3.47. The molecule has 0 radical (unpaired) electrons. The molecule has 1 rings (SSSR count). The zero-order valence-corrected chi connectivity index (χ0v) is 12.5. The highest BCUT2D eigenvalue weighted by Gasteiger charge is 2.34. The van der Waals surface area contributed by atoms with E-state index < -0.39 is 11.9 Å². The maximum Gasteiger partial charge on any atom is 0.433 e. The fourth-order valence-corrected chi connectivity index (χ4v) is 2.05. The van der Waals surface area contributed by atoms with Crippen LogP contribution in [0.15, 0.2) is 6.07 Å². The van der Waals surface area contributed by atoms with E-state index in [1.54, 1.807) is 0 Å². The van der Waals surface area contributed by atoms with Crippen LogP contribution in [0.3, 0.4) is 0 Å². The van der Waals surface area contributed by atoms with Gasteiger partial charge in [0.25, 0.3) is 0 Å². The van der Waals surface area contributed by atoms with Crippen molar-refractivity contribution in [3.63, 3.8) is 0 Å². The highest BCUT2D eigenvalue weighted by atomic mass is 19.4. The highest BCUT2D eigenvalue weighted by Crippen LogP contribution is 2.30. The molecule has 0 spiro atoms. The molecule has 0 bridgehead atoms. The van der Waals surface area contributed by atoms with Crippen molar-refractivity contribution in [2.75, 3.05) is 23.4 Å². The summed E-state index contributed by atoms with van der Waals surface area (Å²) in [5.74, 6) is 5.57. The van der Waals surface area contributed by atoms with Crippen LogP contribution >= 0.6 is 0 Å². The molecule has 120 valence electrons. The minimum absolute atomic E-state index is 0.233. The summed E-state index contributed by atoms with van der Waals surface area (Å²) in [6.45, 7) is 7.23. The Morgan fingerprint density at radius 3 is 2.29 bits per heavy atom. The van der Waals surface area contributed by atoms with Gasteiger partial charge in [0, 0.05) is 19.2 Å². The minimum Gasteiger partial charge on any atom is -0.356 e. The van der Waals surface area contributed by atoms with Crippen molar-refractivity contribution >= 4 is 11.8 Å². The lowest BCUT2D eigenvalue weighted by molar-refractivity contribution is -0.141. The fourth-order valence-electron chi connectivity index (χ4n) is 2.05. The highest BCUT2D eigenvalue weighted by molar-refractivity contribution is 5.45. The van der Waals surface area contributed by atoms with Gasteiger partial charge in [0.2, 0.25) is 5.95 Å². The lowest BCUT2D eigenvalue weighted by Crippen LogP contribution is -2.30. The monoisotopic (exact) mass is 305 g/mol. The molecule has 5 nitrogen and oxygen atoms in total. The number of rotatable bonds is 7. The van der Waals surface area contributed by atoms with E-state index in [1.807, 2.05) is 11.8 Å². The number of aromatic nitrogens is 2. The molecule has 0 saturated carbocycles. The summed E-state index contributed by atoms with van der Waals surface area (Å²) >= 11 is 0. The van der Waals surface area contributed by atoms with Crippen LogP contribution in [0.25, 0.3) is 0 Å². The van der Waals surface area contributed by atoms with Gasteiger partial charge in [0.15, 0.2) is 5.69 Å². The third-order valence-electron chi connectivity index (χ3n) is 3.47. The van der Waals surface area contributed by atoms with Crippen molar-refractivity contribution in [3.8, 4) is 0 Å². The van der Waals surface area contributed by atoms with Gasteiger partial charge < -0.3 is 4.90 Å². The van der Waals surface area contributed by atoms with Gasteiger partial charge in [-0.05, 0) is 12.8 Å². The van der Waals surface area contributed by atoms with Gasteiger partial charge in [-0.2, -0.15) is 18.2 Å². The van der Waals surface area contributed by atoms with E-state index in [4.69, 9.17) is 5.84 Å². The van der Waals surface area contributed by atoms with Crippen molar-refractivity contribution in [2.24, 2.45) is 11.8 Å². The van der Waals surface area contributed by atoms with Gasteiger partial charge in [0.1, 0.15) is 5.82 Å². The fraction of sp³-hybridized carbons (Fsp3) is 0.692. The van der Waals surface area contributed by atoms with E-state index in [9.17, 15) is 13.2 Å². The molecule has 0 saturated heterocycles. The van der Waals surface area contributed by atoms with Crippen molar-refractivity contribution < 1.29 is 13.2 Å². The summed E-state index contributed by atoms with van der Waals surface area (Å²) in [4.78, 5) is 9.21. The quantitative estimate of drug-likeness (QED) is 0.598. The lowest BCUT2D eigenvalue weighted by atomic mass is 10.0. The number of hydrogen-bond acceptors (Lipinski definition) is 5. The van der Waals surface area contributed by atoms with Crippen LogP contribution in [0.5, 0.6) is 0 Å². The first-order chi connectivity index (χ1) is 9.85. The van der Waals surface area contributed by atoms with Gasteiger partial charge in [-0.25, -0.2) is 10.8 Å². The summed E-state index contributed by atoms with van der Waals surface area (Å²) in [6.07, 6.45) is -2.60. The molecule has 1 aromatic rings. The van der Waals surface area contributed by atoms with E-state index in [-0.39, 0.29) is 11.8 Å². The van der Waals surface area contributed by atoms with Crippen LogP contribution in [0.4, 0.5) is 24.9 Å². The van der Waals surface area contributed by atoms with Gasteiger partial charge in [-0.15, -0.1) is 0 Å². The minimum atomic E-state index is -4.53. The number of hydrazine groups is 1. The average Bonchev–Trinajstić information content (AvgIpc) is 2.47. The number of hydrogen-bond donors (Lipinski definition) is 2. The SMILES string of the molecule is CCC(CC)CN(CC)c1cc(C(F)(F)F)nc(NN)n1. The first-order valence-corrected chi connectivity index (χ1v) is 7.03. The molecule has 0 aromatic carbocycles. The number of nitrogens with two attached hydrogens (primary N) is 1. The molecule has 1 heterocycles. The van der Waals surface area contributed by atoms with Crippen molar-refractivity contribution in [3.05, 3.63) is 11.8 Å². The number of nitrogens with zero attached hydrogens (tertiary/aromatic N) is 3. The van der Waals surface area contributed by atoms with Gasteiger partial charge in [-0.1, -0.05) is 26.7 Å². The van der Waals surface area contributed by atoms with Gasteiger partial charge >= 0.3 is 6.18 Å². The second-order valence-corrected chi connectivity index (χ2v) is 4.80. The molecule has 21 heavy (non-hydrogen) atoms. The Balaban J connectivity index is 3.13. The van der Waals surface area contributed by atoms with Crippen LogP contribution in [0.1, 0.15) is 39.3 Å². The van der Waals surface area contributed by atoms with Crippen LogP contribution in [0, 0.1) is 5.92 Å². The van der Waals surface area contributed by atoms with Crippen LogP contribution in [-0.4, -0.2) is 23.1 Å². The number of alkyl halides is 3. The van der Waals surface area contributed by atoms with Crippen molar-refractivity contribution in [1.82, 2.24) is 9.97 Å². The summed E-state index contributed by atoms with van der Waals surface area (Å²) in [6, 6.07) is 0.965. The second-order valence-electron chi connectivity index (χ2n) is 4.80. The van der Waals surface area contributed by atoms with Crippen LogP contribution in [-0.2, 0) is 6.18 Å². The predicted molar refractivity (Wildman–Crippen MR) is 76.8 cm³/mol. The standard InChI is InChI=1S/C13H22F3N5/c1-4-9(5-2)8-21(6-3)11-7-10(13(14,15)16)18-12(19-11)20-17/h7,9H,4-6,8,17H2,1-3H3,(H,18,19,20). The zero-order valence-electron chi connectivity index (χ0n) is 12.5. The Morgan fingerprint density at radius 2 is 1.86 bits per heavy atom. The summed E-state index contributed by atoms with van der Waals surface area (Å²) in [7, 11) is 0. The van der Waals surface area contributed by atoms with Crippen LogP contribution in [0.2, 0.25) is 0 Å². The van der Waals surface area contributed by atoms with E-state index >= 15 is 0 Å². The number of nitrogens with one attached hydrogen (secondary N) is 1. The maximum absolute atomic E-state index is 12.9. The lowest BCUT2D eigenvalue weighted by Gasteiger charge is -2.27. The Morgan fingerprint density at radius 1 is 1.24 bits per heavy atom. The largest absolute Gasteiger partial charge is 0.433 e. The topological polar surface area (TPSA) is 67.1 Å². The molecule has 0 amide bonds. The molecule has 3 N–H and O–H groups in total. The molecular weight excluding hydrogens is 283 g/mol. The number of halogens is 3. The first kappa shape index (κ1) is 17.5. The van der Waals surface area contributed by atoms with E-state index in [2.05, 4.69) is 29.2 Å². The Labute approximate surface area is 122 Å². The maximum atomic E-state index is 12.9. The molecule has 0 aliphatic carbocycles. The molecule has 8 heteroatoms. The smallest absolute Gasteiger partial charge is 0.356 e. The number of anilines is 2. The first-order valence-electron chi connectivity index (χ1n) is 7.03. The van der Waals surface area contributed by atoms with Crippen LogP contribution < -0.4 is 16.2 Å². The van der Waals surface area contributed by atoms with Crippen molar-refractivity contribution in [1.29, 1.82) is 0 Å². The summed E-state index contributed by atoms with van der Waals surface area (Å²) in [5, 5.41) is 0. The molecule has 1 aromatic heterocycles. The molecule has 0 aliphatic rings. The molecular formula is C13H22F3N5. The second kappa shape index (κ2) is 7.44. The molecule has 0 atom stereocenters. The normalized spacial score (nSPS) is 11.8. The average molecular weight is 305 g/mol. The molecule has 0 unspecified atom stereocenters. The van der Waals surface area contributed by atoms with E-state index in [1.165, 1.54) is 0 Å². The Hall–Kier alpha value is -1.57. The molecule has 0 fully saturated rings. The molecule has 0 aliphatic heterocycles. The van der Waals surface area contributed by atoms with Gasteiger partial charge in [-0.3, -0.25) is 5.43 Å². The van der Waals surface area contributed by atoms with Crippen molar-refractivity contribution in [2.45, 2.75) is 39.8 Å². The Kier molecular flexibility index (Phi) is 6.19.